The van der Waals surface area contributed by atoms with Gasteiger partial charge in [0.1, 0.15) is 0 Å². The number of rotatable bonds is 3. The molecular weight excluding hydrogens is 316 g/mol. The van der Waals surface area contributed by atoms with Crippen LogP contribution in [0.2, 0.25) is 0 Å². The number of carbonyl (C=O) groups is 2. The van der Waals surface area contributed by atoms with Crippen molar-refractivity contribution in [1.82, 2.24) is 20.9 Å². The van der Waals surface area contributed by atoms with E-state index in [1.807, 2.05) is 4.90 Å². The maximum absolute atomic E-state index is 12.5. The summed E-state index contributed by atoms with van der Waals surface area (Å²) in [4.78, 5) is 26.4. The molecule has 3 N–H and O–H groups in total. The smallest absolute Gasteiger partial charge is 0.315 e. The monoisotopic (exact) mass is 344 g/mol. The molecule has 3 amide bonds. The second-order valence-electron chi connectivity index (χ2n) is 6.84. The largest absolute Gasteiger partial charge is 0.335 e. The van der Waals surface area contributed by atoms with Crippen LogP contribution in [0.15, 0.2) is 0 Å². The van der Waals surface area contributed by atoms with Crippen LogP contribution >= 0.6 is 12.4 Å². The Hall–Kier alpha value is -1.01. The second kappa shape index (κ2) is 8.73. The van der Waals surface area contributed by atoms with E-state index in [2.05, 4.69) is 16.0 Å². The van der Waals surface area contributed by atoms with Gasteiger partial charge in [-0.05, 0) is 38.6 Å². The van der Waals surface area contributed by atoms with Crippen molar-refractivity contribution in [3.05, 3.63) is 0 Å². The van der Waals surface area contributed by atoms with E-state index in [-0.39, 0.29) is 36.9 Å². The molecule has 3 rings (SSSR count). The molecule has 0 aromatic rings. The summed E-state index contributed by atoms with van der Waals surface area (Å²) < 4.78 is 0. The lowest BCUT2D eigenvalue weighted by molar-refractivity contribution is -0.132. The van der Waals surface area contributed by atoms with E-state index in [1.54, 1.807) is 0 Å². The second-order valence-corrected chi connectivity index (χ2v) is 6.84. The van der Waals surface area contributed by atoms with Gasteiger partial charge in [0.05, 0.1) is 6.54 Å². The van der Waals surface area contributed by atoms with E-state index in [0.717, 1.165) is 45.2 Å². The van der Waals surface area contributed by atoms with Gasteiger partial charge in [-0.15, -0.1) is 12.4 Å². The molecule has 7 heteroatoms. The number of hydrogen-bond acceptors (Lipinski definition) is 3. The summed E-state index contributed by atoms with van der Waals surface area (Å²) in [5.41, 5.74) is 0. The minimum absolute atomic E-state index is 0. The highest BCUT2D eigenvalue weighted by molar-refractivity contribution is 5.85. The third-order valence-electron chi connectivity index (χ3n) is 5.28. The van der Waals surface area contributed by atoms with Gasteiger partial charge in [0.25, 0.3) is 0 Å². The minimum Gasteiger partial charge on any atom is -0.335 e. The molecule has 2 aliphatic heterocycles. The Labute approximate surface area is 144 Å². The molecule has 2 saturated heterocycles. The predicted octanol–water partition coefficient (Wildman–Crippen LogP) is 1.39. The summed E-state index contributed by atoms with van der Waals surface area (Å²) in [5.74, 6) is 0.0648. The molecule has 6 nitrogen and oxygen atoms in total. The lowest BCUT2D eigenvalue weighted by Crippen LogP contribution is -2.50. The Morgan fingerprint density at radius 1 is 1.00 bits per heavy atom. The Morgan fingerprint density at radius 2 is 1.74 bits per heavy atom. The number of urea groups is 1. The number of hydrogen-bond donors (Lipinski definition) is 3. The van der Waals surface area contributed by atoms with Crippen molar-refractivity contribution in [1.29, 1.82) is 0 Å². The van der Waals surface area contributed by atoms with Crippen LogP contribution in [0.5, 0.6) is 0 Å². The highest BCUT2D eigenvalue weighted by Crippen LogP contribution is 2.27. The first-order valence-electron chi connectivity index (χ1n) is 8.80. The maximum atomic E-state index is 12.5. The van der Waals surface area contributed by atoms with Gasteiger partial charge >= 0.3 is 6.03 Å². The molecule has 2 bridgehead atoms. The SMILES string of the molecule is Cl.O=C(NCC(=O)N1C2CCNCC1CC2)NC1CCCCC1. The number of nitrogens with zero attached hydrogens (tertiary/aromatic N) is 1. The molecule has 3 fully saturated rings. The molecule has 0 radical (unpaired) electrons. The van der Waals surface area contributed by atoms with Gasteiger partial charge in [0, 0.05) is 24.7 Å². The summed E-state index contributed by atoms with van der Waals surface area (Å²) >= 11 is 0. The minimum atomic E-state index is -0.194. The molecule has 23 heavy (non-hydrogen) atoms. The van der Waals surface area contributed by atoms with Crippen LogP contribution in [-0.2, 0) is 4.79 Å². The zero-order valence-corrected chi connectivity index (χ0v) is 14.5. The molecule has 3 aliphatic rings. The molecule has 1 saturated carbocycles. The molecule has 132 valence electrons. The number of fused-ring (bicyclic) bond motifs is 2. The maximum Gasteiger partial charge on any atom is 0.315 e. The fourth-order valence-corrected chi connectivity index (χ4v) is 4.12. The predicted molar refractivity (Wildman–Crippen MR) is 91.8 cm³/mol. The lowest BCUT2D eigenvalue weighted by atomic mass is 9.96. The topological polar surface area (TPSA) is 73.5 Å². The van der Waals surface area contributed by atoms with Gasteiger partial charge in [-0.2, -0.15) is 0 Å². The first-order chi connectivity index (χ1) is 10.7. The lowest BCUT2D eigenvalue weighted by Gasteiger charge is -2.28. The van der Waals surface area contributed by atoms with Crippen molar-refractivity contribution in [2.24, 2.45) is 0 Å². The van der Waals surface area contributed by atoms with Crippen molar-refractivity contribution >= 4 is 24.3 Å². The Balaban J connectivity index is 0.00000192. The molecule has 2 atom stereocenters. The molecule has 2 heterocycles. The summed E-state index contributed by atoms with van der Waals surface area (Å²) in [6.07, 6.45) is 8.97. The third-order valence-corrected chi connectivity index (χ3v) is 5.28. The highest BCUT2D eigenvalue weighted by Gasteiger charge is 2.37. The molecule has 2 unspecified atom stereocenters. The molecule has 0 aromatic heterocycles. The van der Waals surface area contributed by atoms with Crippen LogP contribution in [-0.4, -0.2) is 54.6 Å². The first kappa shape index (κ1) is 18.3. The van der Waals surface area contributed by atoms with Crippen LogP contribution in [0, 0.1) is 0 Å². The van der Waals surface area contributed by atoms with Gasteiger partial charge in [-0.3, -0.25) is 4.79 Å². The molecular formula is C16H29ClN4O2. The van der Waals surface area contributed by atoms with E-state index in [4.69, 9.17) is 0 Å². The molecule has 0 aromatic carbocycles. The number of nitrogens with one attached hydrogen (secondary N) is 3. The first-order valence-corrected chi connectivity index (χ1v) is 8.80. The highest BCUT2D eigenvalue weighted by atomic mass is 35.5. The number of carbonyl (C=O) groups excluding carboxylic acids is 2. The Kier molecular flexibility index (Phi) is 6.96. The van der Waals surface area contributed by atoms with Crippen molar-refractivity contribution in [2.75, 3.05) is 19.6 Å². The molecule has 1 aliphatic carbocycles. The summed E-state index contributed by atoms with van der Waals surface area (Å²) in [5, 5.41) is 9.14. The summed E-state index contributed by atoms with van der Waals surface area (Å²) in [7, 11) is 0. The van der Waals surface area contributed by atoms with E-state index in [1.165, 1.54) is 19.3 Å². The Morgan fingerprint density at radius 3 is 2.52 bits per heavy atom. The van der Waals surface area contributed by atoms with Gasteiger partial charge in [-0.1, -0.05) is 19.3 Å². The normalized spacial score (nSPS) is 27.7. The number of amides is 3. The van der Waals surface area contributed by atoms with Crippen molar-refractivity contribution < 1.29 is 9.59 Å². The van der Waals surface area contributed by atoms with Crippen molar-refractivity contribution in [3.8, 4) is 0 Å². The van der Waals surface area contributed by atoms with Crippen molar-refractivity contribution in [3.63, 3.8) is 0 Å². The zero-order valence-electron chi connectivity index (χ0n) is 13.7. The zero-order chi connectivity index (χ0) is 15.4. The third kappa shape index (κ3) is 4.73. The quantitative estimate of drug-likeness (QED) is 0.724. The average Bonchev–Trinajstić information content (AvgIpc) is 2.79. The van der Waals surface area contributed by atoms with E-state index in [0.29, 0.717) is 12.1 Å². The number of halogens is 1. The molecule has 0 spiro atoms. The van der Waals surface area contributed by atoms with Crippen LogP contribution < -0.4 is 16.0 Å². The van der Waals surface area contributed by atoms with Gasteiger partial charge in [0.15, 0.2) is 0 Å². The van der Waals surface area contributed by atoms with Gasteiger partial charge < -0.3 is 20.9 Å². The fourth-order valence-electron chi connectivity index (χ4n) is 4.12. The van der Waals surface area contributed by atoms with Gasteiger partial charge in [-0.25, -0.2) is 4.79 Å². The van der Waals surface area contributed by atoms with Crippen molar-refractivity contribution in [2.45, 2.75) is 69.5 Å². The van der Waals surface area contributed by atoms with Crippen LogP contribution in [0.4, 0.5) is 4.79 Å². The summed E-state index contributed by atoms with van der Waals surface area (Å²) in [6.45, 7) is 1.99. The van der Waals surface area contributed by atoms with E-state index >= 15 is 0 Å². The van der Waals surface area contributed by atoms with Crippen LogP contribution in [0.3, 0.4) is 0 Å². The fraction of sp³-hybridized carbons (Fsp3) is 0.875. The Bertz CT molecular complexity index is 401. The van der Waals surface area contributed by atoms with E-state index < -0.39 is 0 Å². The van der Waals surface area contributed by atoms with E-state index in [9.17, 15) is 9.59 Å². The van der Waals surface area contributed by atoms with Crippen LogP contribution in [0.25, 0.3) is 0 Å². The average molecular weight is 345 g/mol. The van der Waals surface area contributed by atoms with Gasteiger partial charge in [0.2, 0.25) is 5.91 Å². The van der Waals surface area contributed by atoms with Crippen LogP contribution in [0.1, 0.15) is 51.4 Å². The standard InChI is InChI=1S/C16H28N4O2.ClH/c21-15(20-13-6-7-14(20)10-17-9-8-13)11-18-16(22)19-12-4-2-1-3-5-12;/h12-14,17H,1-11H2,(H2,18,19,22);1H. The summed E-state index contributed by atoms with van der Waals surface area (Å²) in [6, 6.07) is 0.752.